The van der Waals surface area contributed by atoms with Crippen LogP contribution in [-0.4, -0.2) is 42.2 Å². The minimum absolute atomic E-state index is 0.145. The lowest BCUT2D eigenvalue weighted by Gasteiger charge is -2.29. The van der Waals surface area contributed by atoms with Crippen LogP contribution in [0.3, 0.4) is 0 Å². The van der Waals surface area contributed by atoms with Gasteiger partial charge in [0.2, 0.25) is 0 Å². The predicted octanol–water partition coefficient (Wildman–Crippen LogP) is 3.23. The number of hydrogen-bond acceptors (Lipinski definition) is 4. The molecule has 26 heavy (non-hydrogen) atoms. The summed E-state index contributed by atoms with van der Waals surface area (Å²) in [5, 5.41) is 1.10. The van der Waals surface area contributed by atoms with E-state index in [4.69, 9.17) is 9.57 Å². The molecule has 0 saturated carbocycles. The number of rotatable bonds is 7. The standard InChI is InChI=1S/C20H24N2O4/c1-16(19(23)21(2)25-3)22(14-17-10-6-4-7-11-17)20(24)26-15-18-12-8-5-9-13-18/h4-13,16H,14-15H2,1-3H3. The molecular weight excluding hydrogens is 332 g/mol. The maximum atomic E-state index is 12.7. The van der Waals surface area contributed by atoms with Crippen molar-refractivity contribution in [1.29, 1.82) is 0 Å². The Morgan fingerprint density at radius 1 is 0.962 bits per heavy atom. The third-order valence-corrected chi connectivity index (χ3v) is 4.04. The molecule has 0 bridgehead atoms. The highest BCUT2D eigenvalue weighted by atomic mass is 16.7. The average molecular weight is 356 g/mol. The molecule has 0 N–H and O–H groups in total. The molecule has 0 heterocycles. The summed E-state index contributed by atoms with van der Waals surface area (Å²) >= 11 is 0. The molecule has 1 unspecified atom stereocenters. The molecule has 0 aromatic heterocycles. The quantitative estimate of drug-likeness (QED) is 0.715. The molecule has 0 fully saturated rings. The molecule has 0 aliphatic rings. The van der Waals surface area contributed by atoms with E-state index in [0.29, 0.717) is 0 Å². The van der Waals surface area contributed by atoms with E-state index in [2.05, 4.69) is 0 Å². The number of nitrogens with zero attached hydrogens (tertiary/aromatic N) is 2. The Hall–Kier alpha value is -2.86. The van der Waals surface area contributed by atoms with E-state index in [0.717, 1.165) is 16.2 Å². The molecule has 2 rings (SSSR count). The molecule has 0 aliphatic heterocycles. The van der Waals surface area contributed by atoms with Crippen molar-refractivity contribution in [3.05, 3.63) is 71.8 Å². The molecule has 6 nitrogen and oxygen atoms in total. The Bertz CT molecular complexity index is 706. The van der Waals surface area contributed by atoms with Gasteiger partial charge in [-0.05, 0) is 18.1 Å². The van der Waals surface area contributed by atoms with E-state index in [1.54, 1.807) is 6.92 Å². The fourth-order valence-corrected chi connectivity index (χ4v) is 2.43. The molecule has 0 saturated heterocycles. The molecule has 2 aromatic rings. The lowest BCUT2D eigenvalue weighted by atomic mass is 10.2. The lowest BCUT2D eigenvalue weighted by Crippen LogP contribution is -2.48. The van der Waals surface area contributed by atoms with Crippen LogP contribution in [0.15, 0.2) is 60.7 Å². The zero-order valence-electron chi connectivity index (χ0n) is 15.3. The minimum atomic E-state index is -0.733. The zero-order valence-corrected chi connectivity index (χ0v) is 15.3. The summed E-state index contributed by atoms with van der Waals surface area (Å²) in [7, 11) is 2.91. The number of ether oxygens (including phenoxy) is 1. The molecule has 1 atom stereocenters. The third kappa shape index (κ3) is 5.32. The minimum Gasteiger partial charge on any atom is -0.445 e. The molecule has 2 aromatic carbocycles. The van der Waals surface area contributed by atoms with Crippen LogP contribution < -0.4 is 0 Å². The summed E-state index contributed by atoms with van der Waals surface area (Å²) in [6, 6.07) is 18.1. The van der Waals surface area contributed by atoms with Gasteiger partial charge in [-0.3, -0.25) is 14.5 Å². The van der Waals surface area contributed by atoms with Crippen molar-refractivity contribution in [2.24, 2.45) is 0 Å². The summed E-state index contributed by atoms with van der Waals surface area (Å²) in [6.45, 7) is 2.06. The van der Waals surface area contributed by atoms with E-state index in [-0.39, 0.29) is 19.1 Å². The van der Waals surface area contributed by atoms with Gasteiger partial charge >= 0.3 is 6.09 Å². The number of likely N-dealkylation sites (N-methyl/N-ethyl adjacent to an activating group) is 1. The maximum Gasteiger partial charge on any atom is 0.411 e. The van der Waals surface area contributed by atoms with Gasteiger partial charge < -0.3 is 4.74 Å². The van der Waals surface area contributed by atoms with Gasteiger partial charge in [-0.2, -0.15) is 0 Å². The van der Waals surface area contributed by atoms with Crippen molar-refractivity contribution < 1.29 is 19.2 Å². The van der Waals surface area contributed by atoms with E-state index >= 15 is 0 Å². The Morgan fingerprint density at radius 3 is 2.04 bits per heavy atom. The molecule has 138 valence electrons. The van der Waals surface area contributed by atoms with Gasteiger partial charge in [0, 0.05) is 13.6 Å². The second-order valence-electron chi connectivity index (χ2n) is 5.85. The third-order valence-electron chi connectivity index (χ3n) is 4.04. The first-order valence-electron chi connectivity index (χ1n) is 8.36. The van der Waals surface area contributed by atoms with Crippen LogP contribution in [-0.2, 0) is 27.5 Å². The van der Waals surface area contributed by atoms with Crippen molar-refractivity contribution in [2.45, 2.75) is 26.1 Å². The SMILES string of the molecule is CON(C)C(=O)C(C)N(Cc1ccccc1)C(=O)OCc1ccccc1. The second-order valence-corrected chi connectivity index (χ2v) is 5.85. The van der Waals surface area contributed by atoms with Gasteiger partial charge in [-0.1, -0.05) is 60.7 Å². The maximum absolute atomic E-state index is 12.7. The first-order chi connectivity index (χ1) is 12.5. The zero-order chi connectivity index (χ0) is 18.9. The van der Waals surface area contributed by atoms with Crippen molar-refractivity contribution in [3.63, 3.8) is 0 Å². The van der Waals surface area contributed by atoms with E-state index in [1.807, 2.05) is 60.7 Å². The summed E-state index contributed by atoms with van der Waals surface area (Å²) in [5.41, 5.74) is 1.79. The van der Waals surface area contributed by atoms with Crippen molar-refractivity contribution >= 4 is 12.0 Å². The molecule has 0 aliphatic carbocycles. The molecule has 0 spiro atoms. The van der Waals surface area contributed by atoms with Crippen molar-refractivity contribution in [3.8, 4) is 0 Å². The normalized spacial score (nSPS) is 11.5. The van der Waals surface area contributed by atoms with Crippen molar-refractivity contribution in [1.82, 2.24) is 9.96 Å². The fourth-order valence-electron chi connectivity index (χ4n) is 2.43. The molecule has 6 heteroatoms. The van der Waals surface area contributed by atoms with Crippen LogP contribution >= 0.6 is 0 Å². The van der Waals surface area contributed by atoms with Gasteiger partial charge in [-0.15, -0.1) is 0 Å². The van der Waals surface area contributed by atoms with Crippen LogP contribution in [0.25, 0.3) is 0 Å². The number of carbonyl (C=O) groups excluding carboxylic acids is 2. The summed E-state index contributed by atoms with van der Waals surface area (Å²) in [5.74, 6) is -0.333. The predicted molar refractivity (Wildman–Crippen MR) is 97.9 cm³/mol. The summed E-state index contributed by atoms with van der Waals surface area (Å²) < 4.78 is 5.42. The first-order valence-corrected chi connectivity index (χ1v) is 8.36. The smallest absolute Gasteiger partial charge is 0.411 e. The van der Waals surface area contributed by atoms with Crippen LogP contribution in [0, 0.1) is 0 Å². The number of amides is 2. The van der Waals surface area contributed by atoms with E-state index in [1.165, 1.54) is 19.1 Å². The Labute approximate surface area is 153 Å². The number of carbonyl (C=O) groups is 2. The average Bonchev–Trinajstić information content (AvgIpc) is 2.70. The lowest BCUT2D eigenvalue weighted by molar-refractivity contribution is -0.173. The van der Waals surface area contributed by atoms with E-state index in [9.17, 15) is 9.59 Å². The summed E-state index contributed by atoms with van der Waals surface area (Å²) in [4.78, 5) is 31.5. The monoisotopic (exact) mass is 356 g/mol. The van der Waals surface area contributed by atoms with Gasteiger partial charge in [-0.25, -0.2) is 9.86 Å². The fraction of sp³-hybridized carbons (Fsp3) is 0.300. The highest BCUT2D eigenvalue weighted by molar-refractivity contribution is 5.84. The van der Waals surface area contributed by atoms with Gasteiger partial charge in [0.1, 0.15) is 12.6 Å². The topological polar surface area (TPSA) is 59.1 Å². The van der Waals surface area contributed by atoms with Gasteiger partial charge in [0.05, 0.1) is 7.11 Å². The highest BCUT2D eigenvalue weighted by Gasteiger charge is 2.29. The van der Waals surface area contributed by atoms with Gasteiger partial charge in [0.25, 0.3) is 5.91 Å². The van der Waals surface area contributed by atoms with Crippen molar-refractivity contribution in [2.75, 3.05) is 14.2 Å². The summed E-state index contributed by atoms with van der Waals surface area (Å²) in [6.07, 6.45) is -0.553. The molecule has 0 radical (unpaired) electrons. The van der Waals surface area contributed by atoms with Crippen LogP contribution in [0.4, 0.5) is 4.79 Å². The Kier molecular flexibility index (Phi) is 7.17. The number of hydrogen-bond donors (Lipinski definition) is 0. The highest BCUT2D eigenvalue weighted by Crippen LogP contribution is 2.13. The van der Waals surface area contributed by atoms with Crippen LogP contribution in [0.5, 0.6) is 0 Å². The largest absolute Gasteiger partial charge is 0.445 e. The molecular formula is C20H24N2O4. The number of benzene rings is 2. The van der Waals surface area contributed by atoms with Crippen LogP contribution in [0.2, 0.25) is 0 Å². The second kappa shape index (κ2) is 9.58. The van der Waals surface area contributed by atoms with E-state index < -0.39 is 12.1 Å². The Balaban J connectivity index is 2.13. The molecule has 2 amide bonds. The first kappa shape index (κ1) is 19.5. The van der Waals surface area contributed by atoms with Gasteiger partial charge in [0.15, 0.2) is 0 Å². The Morgan fingerprint density at radius 2 is 1.50 bits per heavy atom. The number of hydroxylamine groups is 2. The van der Waals surface area contributed by atoms with Crippen LogP contribution in [0.1, 0.15) is 18.1 Å².